The maximum atomic E-state index is 12.0. The summed E-state index contributed by atoms with van der Waals surface area (Å²) in [4.78, 5) is 13.5. The van der Waals surface area contributed by atoms with Crippen LogP contribution in [-0.2, 0) is 6.54 Å². The highest BCUT2D eigenvalue weighted by Gasteiger charge is 2.14. The lowest BCUT2D eigenvalue weighted by Crippen LogP contribution is -2.26. The van der Waals surface area contributed by atoms with Crippen LogP contribution in [0.4, 0.5) is 0 Å². The highest BCUT2D eigenvalue weighted by molar-refractivity contribution is 5.91. The van der Waals surface area contributed by atoms with E-state index in [0.29, 0.717) is 6.54 Å². The molecule has 0 bridgehead atoms. The van der Waals surface area contributed by atoms with Crippen LogP contribution in [0.1, 0.15) is 21.6 Å². The second-order valence-electron chi connectivity index (χ2n) is 4.17. The van der Waals surface area contributed by atoms with E-state index in [-0.39, 0.29) is 18.2 Å². The van der Waals surface area contributed by atoms with Crippen molar-refractivity contribution in [1.29, 1.82) is 0 Å². The maximum Gasteiger partial charge on any atom is 0.276 e. The van der Waals surface area contributed by atoms with Crippen LogP contribution in [-0.4, -0.2) is 45.0 Å². The quantitative estimate of drug-likeness (QED) is 0.792. The molecule has 2 aromatic rings. The summed E-state index contributed by atoms with van der Waals surface area (Å²) in [5.74, 6) is 5.21. The Morgan fingerprint density at radius 3 is 2.75 bits per heavy atom. The van der Waals surface area contributed by atoms with Gasteiger partial charge in [-0.1, -0.05) is 24.0 Å². The van der Waals surface area contributed by atoms with Gasteiger partial charge in [0.25, 0.3) is 5.91 Å². The fourth-order valence-corrected chi connectivity index (χ4v) is 1.68. The van der Waals surface area contributed by atoms with E-state index in [0.717, 1.165) is 11.1 Å². The monoisotopic (exact) mass is 270 g/mol. The van der Waals surface area contributed by atoms with Gasteiger partial charge in [-0.15, -0.1) is 0 Å². The Hall–Kier alpha value is -2.65. The SMILES string of the molecule is CN(Cc1ccc(C#CCO)cc1)C(=O)c1cn[nH]n1. The number of hydrogen-bond acceptors (Lipinski definition) is 4. The lowest BCUT2D eigenvalue weighted by molar-refractivity contribution is 0.0779. The molecule has 102 valence electrons. The van der Waals surface area contributed by atoms with Crippen molar-refractivity contribution in [3.05, 3.63) is 47.3 Å². The summed E-state index contributed by atoms with van der Waals surface area (Å²) in [6, 6.07) is 7.50. The molecule has 1 aromatic heterocycles. The van der Waals surface area contributed by atoms with Crippen LogP contribution in [0.25, 0.3) is 0 Å². The Morgan fingerprint density at radius 2 is 2.15 bits per heavy atom. The van der Waals surface area contributed by atoms with Crippen LogP contribution in [0.15, 0.2) is 30.5 Å². The van der Waals surface area contributed by atoms with E-state index in [1.165, 1.54) is 6.20 Å². The van der Waals surface area contributed by atoms with Gasteiger partial charge in [-0.2, -0.15) is 15.4 Å². The minimum Gasteiger partial charge on any atom is -0.384 e. The molecule has 0 fully saturated rings. The molecule has 1 aromatic carbocycles. The van der Waals surface area contributed by atoms with E-state index in [1.807, 2.05) is 24.3 Å². The minimum atomic E-state index is -0.192. The summed E-state index contributed by atoms with van der Waals surface area (Å²) in [5, 5.41) is 18.4. The van der Waals surface area contributed by atoms with Crippen molar-refractivity contribution in [2.24, 2.45) is 0 Å². The molecule has 0 saturated carbocycles. The summed E-state index contributed by atoms with van der Waals surface area (Å²) in [6.45, 7) is 0.316. The van der Waals surface area contributed by atoms with E-state index >= 15 is 0 Å². The van der Waals surface area contributed by atoms with Crippen molar-refractivity contribution in [2.45, 2.75) is 6.54 Å². The number of benzene rings is 1. The van der Waals surface area contributed by atoms with Crippen molar-refractivity contribution in [3.63, 3.8) is 0 Å². The molecule has 0 spiro atoms. The Morgan fingerprint density at radius 1 is 1.40 bits per heavy atom. The smallest absolute Gasteiger partial charge is 0.276 e. The molecule has 0 radical (unpaired) electrons. The molecule has 1 heterocycles. The zero-order chi connectivity index (χ0) is 14.4. The topological polar surface area (TPSA) is 82.1 Å². The van der Waals surface area contributed by atoms with E-state index < -0.39 is 0 Å². The molecule has 1 amide bonds. The zero-order valence-corrected chi connectivity index (χ0v) is 11.0. The molecule has 0 unspecified atom stereocenters. The summed E-state index contributed by atoms with van der Waals surface area (Å²) >= 11 is 0. The maximum absolute atomic E-state index is 12.0. The first-order chi connectivity index (χ1) is 9.70. The molecule has 6 nitrogen and oxygen atoms in total. The third-order valence-electron chi connectivity index (χ3n) is 2.67. The third kappa shape index (κ3) is 3.43. The lowest BCUT2D eigenvalue weighted by atomic mass is 10.1. The predicted molar refractivity (Wildman–Crippen MR) is 72.6 cm³/mol. The first-order valence-electron chi connectivity index (χ1n) is 6.00. The number of aliphatic hydroxyl groups is 1. The fourth-order valence-electron chi connectivity index (χ4n) is 1.68. The zero-order valence-electron chi connectivity index (χ0n) is 11.0. The summed E-state index contributed by atoms with van der Waals surface area (Å²) in [7, 11) is 1.70. The molecule has 2 rings (SSSR count). The number of H-pyrrole nitrogens is 1. The van der Waals surface area contributed by atoms with E-state index in [2.05, 4.69) is 27.3 Å². The van der Waals surface area contributed by atoms with Gasteiger partial charge in [-0.25, -0.2) is 0 Å². The Balaban J connectivity index is 2.01. The minimum absolute atomic E-state index is 0.156. The molecule has 0 aliphatic carbocycles. The number of rotatable bonds is 3. The van der Waals surface area contributed by atoms with Crippen LogP contribution in [0, 0.1) is 11.8 Å². The van der Waals surface area contributed by atoms with Gasteiger partial charge in [0.05, 0.1) is 6.20 Å². The van der Waals surface area contributed by atoms with E-state index in [1.54, 1.807) is 11.9 Å². The molecular formula is C14H14N4O2. The van der Waals surface area contributed by atoms with Gasteiger partial charge in [-0.3, -0.25) is 4.79 Å². The fraction of sp³-hybridized carbons (Fsp3) is 0.214. The molecule has 2 N–H and O–H groups in total. The van der Waals surface area contributed by atoms with Gasteiger partial charge in [0.15, 0.2) is 5.69 Å². The number of nitrogens with zero attached hydrogens (tertiary/aromatic N) is 3. The molecule has 6 heteroatoms. The van der Waals surface area contributed by atoms with Crippen LogP contribution in [0.3, 0.4) is 0 Å². The van der Waals surface area contributed by atoms with Gasteiger partial charge < -0.3 is 10.0 Å². The van der Waals surface area contributed by atoms with Gasteiger partial charge in [0, 0.05) is 19.2 Å². The van der Waals surface area contributed by atoms with Crippen molar-refractivity contribution in [3.8, 4) is 11.8 Å². The largest absolute Gasteiger partial charge is 0.384 e. The number of amides is 1. The Labute approximate surface area is 116 Å². The molecular weight excluding hydrogens is 256 g/mol. The number of carbonyl (C=O) groups excluding carboxylic acids is 1. The van der Waals surface area contributed by atoms with E-state index in [4.69, 9.17) is 5.11 Å². The normalized spacial score (nSPS) is 9.70. The Bertz CT molecular complexity index is 623. The van der Waals surface area contributed by atoms with Crippen LogP contribution < -0.4 is 0 Å². The van der Waals surface area contributed by atoms with Crippen molar-refractivity contribution < 1.29 is 9.90 Å². The highest BCUT2D eigenvalue weighted by Crippen LogP contribution is 2.08. The average Bonchev–Trinajstić information content (AvgIpc) is 3.00. The molecule has 0 atom stereocenters. The molecule has 0 saturated heterocycles. The standard InChI is InChI=1S/C14H14N4O2/c1-18(14(20)13-9-15-17-16-13)10-12-6-4-11(5-7-12)3-2-8-19/h4-7,9,19H,8,10H2,1H3,(H,15,16,17). The number of aromatic amines is 1. The van der Waals surface area contributed by atoms with Crippen molar-refractivity contribution in [1.82, 2.24) is 20.3 Å². The number of nitrogens with one attached hydrogen (secondary N) is 1. The van der Waals surface area contributed by atoms with Crippen LogP contribution >= 0.6 is 0 Å². The van der Waals surface area contributed by atoms with E-state index in [9.17, 15) is 4.79 Å². The Kier molecular flexibility index (Phi) is 4.47. The number of hydrogen-bond donors (Lipinski definition) is 2. The van der Waals surface area contributed by atoms with Gasteiger partial charge in [0.1, 0.15) is 6.61 Å². The first-order valence-corrected chi connectivity index (χ1v) is 6.00. The molecule has 0 aliphatic rings. The van der Waals surface area contributed by atoms with Crippen molar-refractivity contribution in [2.75, 3.05) is 13.7 Å². The lowest BCUT2D eigenvalue weighted by Gasteiger charge is -2.15. The van der Waals surface area contributed by atoms with Crippen molar-refractivity contribution >= 4 is 5.91 Å². The average molecular weight is 270 g/mol. The van der Waals surface area contributed by atoms with Crippen LogP contribution in [0.2, 0.25) is 0 Å². The first kappa shape index (κ1) is 13.8. The summed E-state index contributed by atoms with van der Waals surface area (Å²) in [6.07, 6.45) is 1.40. The van der Waals surface area contributed by atoms with Gasteiger partial charge in [-0.05, 0) is 17.7 Å². The van der Waals surface area contributed by atoms with Gasteiger partial charge >= 0.3 is 0 Å². The second kappa shape index (κ2) is 6.50. The number of aromatic nitrogens is 3. The second-order valence-corrected chi connectivity index (χ2v) is 4.17. The van der Waals surface area contributed by atoms with Crippen LogP contribution in [0.5, 0.6) is 0 Å². The molecule has 20 heavy (non-hydrogen) atoms. The predicted octanol–water partition coefficient (Wildman–Crippen LogP) is 0.421. The highest BCUT2D eigenvalue weighted by atomic mass is 16.2. The summed E-state index contributed by atoms with van der Waals surface area (Å²) in [5.41, 5.74) is 2.10. The number of carbonyl (C=O) groups is 1. The third-order valence-corrected chi connectivity index (χ3v) is 2.67. The molecule has 0 aliphatic heterocycles. The summed E-state index contributed by atoms with van der Waals surface area (Å²) < 4.78 is 0. The number of aliphatic hydroxyl groups excluding tert-OH is 1. The van der Waals surface area contributed by atoms with Gasteiger partial charge in [0.2, 0.25) is 0 Å².